The minimum absolute atomic E-state index is 0.954. The molecule has 2 heteroatoms. The molecule has 0 bridgehead atoms. The first-order valence-electron chi connectivity index (χ1n) is 6.51. The molecule has 1 aromatic carbocycles. The van der Waals surface area contributed by atoms with Crippen molar-refractivity contribution >= 4 is 11.9 Å². The van der Waals surface area contributed by atoms with Gasteiger partial charge >= 0.3 is 0 Å². The van der Waals surface area contributed by atoms with Gasteiger partial charge in [0, 0.05) is 32.5 Å². The lowest BCUT2D eigenvalue weighted by Crippen LogP contribution is -2.08. The molecule has 0 aromatic heterocycles. The summed E-state index contributed by atoms with van der Waals surface area (Å²) in [5, 5.41) is 0. The van der Waals surface area contributed by atoms with Crippen molar-refractivity contribution in [1.29, 1.82) is 0 Å². The summed E-state index contributed by atoms with van der Waals surface area (Å²) >= 11 is 0. The SMILES string of the molecule is CCCCCCN=Cc1ccc(N(C)C)cc1. The van der Waals surface area contributed by atoms with Crippen LogP contribution < -0.4 is 4.90 Å². The molecule has 1 rings (SSSR count). The molecule has 0 aliphatic heterocycles. The van der Waals surface area contributed by atoms with Crippen molar-refractivity contribution in [3.8, 4) is 0 Å². The second-order valence-corrected chi connectivity index (χ2v) is 4.58. The van der Waals surface area contributed by atoms with Crippen LogP contribution in [0.4, 0.5) is 5.69 Å². The van der Waals surface area contributed by atoms with Gasteiger partial charge in [0.05, 0.1) is 0 Å². The van der Waals surface area contributed by atoms with Gasteiger partial charge in [0.15, 0.2) is 0 Å². The molecule has 0 spiro atoms. The molecule has 0 aliphatic rings. The van der Waals surface area contributed by atoms with Gasteiger partial charge in [-0.2, -0.15) is 0 Å². The van der Waals surface area contributed by atoms with Crippen LogP contribution >= 0.6 is 0 Å². The summed E-state index contributed by atoms with van der Waals surface area (Å²) in [5.74, 6) is 0. The van der Waals surface area contributed by atoms with Gasteiger partial charge in [0.1, 0.15) is 0 Å². The van der Waals surface area contributed by atoms with Crippen molar-refractivity contribution in [2.75, 3.05) is 25.5 Å². The quantitative estimate of drug-likeness (QED) is 0.516. The van der Waals surface area contributed by atoms with Gasteiger partial charge in [0.2, 0.25) is 0 Å². The predicted molar refractivity (Wildman–Crippen MR) is 77.4 cm³/mol. The first kappa shape index (κ1) is 13.8. The standard InChI is InChI=1S/C15H24N2/c1-4-5-6-7-12-16-13-14-8-10-15(11-9-14)17(2)3/h8-11,13H,4-7,12H2,1-3H3. The molecule has 1 aromatic rings. The highest BCUT2D eigenvalue weighted by molar-refractivity contribution is 5.80. The third kappa shape index (κ3) is 5.53. The largest absolute Gasteiger partial charge is 0.378 e. The zero-order chi connectivity index (χ0) is 12.5. The molecule has 0 radical (unpaired) electrons. The van der Waals surface area contributed by atoms with Gasteiger partial charge in [-0.25, -0.2) is 0 Å². The number of aliphatic imine (C=N–C) groups is 1. The summed E-state index contributed by atoms with van der Waals surface area (Å²) in [6.07, 6.45) is 7.10. The molecule has 0 heterocycles. The molecule has 2 nitrogen and oxygen atoms in total. The number of unbranched alkanes of at least 4 members (excludes halogenated alkanes) is 3. The summed E-state index contributed by atoms with van der Waals surface area (Å²) in [6, 6.07) is 8.48. The van der Waals surface area contributed by atoms with E-state index in [9.17, 15) is 0 Å². The van der Waals surface area contributed by atoms with E-state index in [1.807, 2.05) is 6.21 Å². The molecular formula is C15H24N2. The monoisotopic (exact) mass is 232 g/mol. The van der Waals surface area contributed by atoms with Gasteiger partial charge in [-0.05, 0) is 24.1 Å². The van der Waals surface area contributed by atoms with Gasteiger partial charge in [-0.3, -0.25) is 4.99 Å². The Labute approximate surface area is 105 Å². The third-order valence-electron chi connectivity index (χ3n) is 2.79. The Balaban J connectivity index is 2.33. The number of hydrogen-bond donors (Lipinski definition) is 0. The molecule has 0 saturated heterocycles. The van der Waals surface area contributed by atoms with Crippen molar-refractivity contribution in [2.24, 2.45) is 4.99 Å². The van der Waals surface area contributed by atoms with Crippen molar-refractivity contribution < 1.29 is 0 Å². The third-order valence-corrected chi connectivity index (χ3v) is 2.79. The van der Waals surface area contributed by atoms with Gasteiger partial charge in [-0.15, -0.1) is 0 Å². The van der Waals surface area contributed by atoms with Crippen LogP contribution in [0.2, 0.25) is 0 Å². The highest BCUT2D eigenvalue weighted by Crippen LogP contribution is 2.10. The Bertz CT molecular complexity index is 325. The fourth-order valence-corrected chi connectivity index (χ4v) is 1.66. The van der Waals surface area contributed by atoms with E-state index in [0.717, 1.165) is 6.54 Å². The lowest BCUT2D eigenvalue weighted by molar-refractivity contribution is 0.676. The zero-order valence-electron chi connectivity index (χ0n) is 11.3. The zero-order valence-corrected chi connectivity index (χ0v) is 11.3. The normalized spacial score (nSPS) is 11.0. The topological polar surface area (TPSA) is 15.6 Å². The van der Waals surface area contributed by atoms with E-state index in [4.69, 9.17) is 0 Å². The number of rotatable bonds is 7. The predicted octanol–water partition coefficient (Wildman–Crippen LogP) is 3.75. The summed E-state index contributed by atoms with van der Waals surface area (Å²) in [7, 11) is 4.10. The van der Waals surface area contributed by atoms with Crippen LogP contribution in [0.15, 0.2) is 29.3 Å². The van der Waals surface area contributed by atoms with Crippen LogP contribution in [0.25, 0.3) is 0 Å². The second-order valence-electron chi connectivity index (χ2n) is 4.58. The minimum atomic E-state index is 0.954. The van der Waals surface area contributed by atoms with E-state index >= 15 is 0 Å². The average Bonchev–Trinajstić information content (AvgIpc) is 2.34. The number of nitrogens with zero attached hydrogens (tertiary/aromatic N) is 2. The fraction of sp³-hybridized carbons (Fsp3) is 0.533. The molecule has 0 saturated carbocycles. The molecule has 0 fully saturated rings. The van der Waals surface area contributed by atoms with E-state index in [1.165, 1.54) is 36.9 Å². The van der Waals surface area contributed by atoms with E-state index in [1.54, 1.807) is 0 Å². The second kappa shape index (κ2) is 7.88. The summed E-state index contributed by atoms with van der Waals surface area (Å²) in [6.45, 7) is 3.19. The first-order chi connectivity index (χ1) is 8.24. The summed E-state index contributed by atoms with van der Waals surface area (Å²) in [4.78, 5) is 6.55. The van der Waals surface area contributed by atoms with Crippen LogP contribution in [0.1, 0.15) is 38.2 Å². The molecule has 0 N–H and O–H groups in total. The van der Waals surface area contributed by atoms with Crippen LogP contribution in [-0.4, -0.2) is 26.9 Å². The lowest BCUT2D eigenvalue weighted by atomic mass is 10.2. The summed E-state index contributed by atoms with van der Waals surface area (Å²) < 4.78 is 0. The minimum Gasteiger partial charge on any atom is -0.378 e. The number of benzene rings is 1. The van der Waals surface area contributed by atoms with Crippen LogP contribution in [-0.2, 0) is 0 Å². The van der Waals surface area contributed by atoms with Crippen molar-refractivity contribution in [2.45, 2.75) is 32.6 Å². The smallest absolute Gasteiger partial charge is 0.0389 e. The molecule has 0 aliphatic carbocycles. The Morgan fingerprint density at radius 1 is 1.06 bits per heavy atom. The maximum absolute atomic E-state index is 4.45. The molecule has 0 atom stereocenters. The van der Waals surface area contributed by atoms with E-state index in [-0.39, 0.29) is 0 Å². The Morgan fingerprint density at radius 2 is 1.76 bits per heavy atom. The average molecular weight is 232 g/mol. The first-order valence-corrected chi connectivity index (χ1v) is 6.51. The Morgan fingerprint density at radius 3 is 2.35 bits per heavy atom. The molecule has 0 unspecified atom stereocenters. The van der Waals surface area contributed by atoms with Crippen molar-refractivity contribution in [1.82, 2.24) is 0 Å². The summed E-state index contributed by atoms with van der Waals surface area (Å²) in [5.41, 5.74) is 2.41. The van der Waals surface area contributed by atoms with E-state index in [0.29, 0.717) is 0 Å². The van der Waals surface area contributed by atoms with Gasteiger partial charge in [-0.1, -0.05) is 38.3 Å². The molecule has 17 heavy (non-hydrogen) atoms. The Kier molecular flexibility index (Phi) is 6.38. The van der Waals surface area contributed by atoms with Crippen LogP contribution in [0.5, 0.6) is 0 Å². The van der Waals surface area contributed by atoms with E-state index < -0.39 is 0 Å². The molecule has 94 valence electrons. The number of hydrogen-bond acceptors (Lipinski definition) is 2. The highest BCUT2D eigenvalue weighted by Gasteiger charge is 1.93. The fourth-order valence-electron chi connectivity index (χ4n) is 1.66. The highest BCUT2D eigenvalue weighted by atomic mass is 15.1. The molecule has 0 amide bonds. The Hall–Kier alpha value is -1.31. The van der Waals surface area contributed by atoms with Crippen molar-refractivity contribution in [3.05, 3.63) is 29.8 Å². The maximum Gasteiger partial charge on any atom is 0.0389 e. The van der Waals surface area contributed by atoms with Crippen molar-refractivity contribution in [3.63, 3.8) is 0 Å². The van der Waals surface area contributed by atoms with Crippen LogP contribution in [0, 0.1) is 0 Å². The van der Waals surface area contributed by atoms with Crippen LogP contribution in [0.3, 0.4) is 0 Å². The molecular weight excluding hydrogens is 208 g/mol. The van der Waals surface area contributed by atoms with Gasteiger partial charge in [0.25, 0.3) is 0 Å². The number of anilines is 1. The van der Waals surface area contributed by atoms with Gasteiger partial charge < -0.3 is 4.90 Å². The lowest BCUT2D eigenvalue weighted by Gasteiger charge is -2.11. The van der Waals surface area contributed by atoms with E-state index in [2.05, 4.69) is 55.2 Å². The maximum atomic E-state index is 4.45.